The van der Waals surface area contributed by atoms with Crippen LogP contribution in [0.15, 0.2) is 36.5 Å². The summed E-state index contributed by atoms with van der Waals surface area (Å²) in [4.78, 5) is 16.5. The lowest BCUT2D eigenvalue weighted by atomic mass is 10.1. The summed E-state index contributed by atoms with van der Waals surface area (Å²) in [5.74, 6) is -0.845. The van der Waals surface area contributed by atoms with Crippen molar-refractivity contribution in [3.63, 3.8) is 0 Å². The van der Waals surface area contributed by atoms with Gasteiger partial charge in [-0.2, -0.15) is 0 Å². The first kappa shape index (κ1) is 13.7. The highest BCUT2D eigenvalue weighted by Crippen LogP contribution is 2.23. The minimum absolute atomic E-state index is 0.443. The molecule has 0 bridgehead atoms. The number of aliphatic carboxylic acids is 1. The first-order valence-electron chi connectivity index (χ1n) is 6.00. The largest absolute Gasteiger partial charge is 0.480 e. The zero-order valence-electron chi connectivity index (χ0n) is 10.7. The molecule has 0 spiro atoms. The summed E-state index contributed by atoms with van der Waals surface area (Å²) in [6.45, 7) is 6.12. The number of aromatic nitrogens is 1. The number of carboxylic acid groups (broad SMARTS) is 1. The van der Waals surface area contributed by atoms with E-state index >= 15 is 0 Å². The maximum absolute atomic E-state index is 11.1. The molecular formula is C14H16N2O2S. The van der Waals surface area contributed by atoms with E-state index in [1.54, 1.807) is 17.5 Å². The van der Waals surface area contributed by atoms with Gasteiger partial charge in [0.05, 0.1) is 10.2 Å². The van der Waals surface area contributed by atoms with E-state index in [-0.39, 0.29) is 0 Å². The second-order valence-electron chi connectivity index (χ2n) is 4.53. The fourth-order valence-corrected chi connectivity index (χ4v) is 2.80. The zero-order chi connectivity index (χ0) is 13.8. The molecule has 0 aliphatic carbocycles. The van der Waals surface area contributed by atoms with Crippen LogP contribution in [0.2, 0.25) is 0 Å². The number of carbonyl (C=O) groups is 1. The van der Waals surface area contributed by atoms with Crippen molar-refractivity contribution >= 4 is 27.5 Å². The van der Waals surface area contributed by atoms with Gasteiger partial charge in [0, 0.05) is 17.6 Å². The summed E-state index contributed by atoms with van der Waals surface area (Å²) in [7, 11) is 0. The Morgan fingerprint density at radius 2 is 2.42 bits per heavy atom. The van der Waals surface area contributed by atoms with Gasteiger partial charge in [0.15, 0.2) is 0 Å². The molecule has 2 heterocycles. The maximum Gasteiger partial charge on any atom is 0.321 e. The molecule has 2 aromatic rings. The molecule has 0 aliphatic rings. The Bertz CT molecular complexity index is 573. The predicted octanol–water partition coefficient (Wildman–Crippen LogP) is 2.81. The second kappa shape index (κ2) is 5.95. The third kappa shape index (κ3) is 3.62. The van der Waals surface area contributed by atoms with Gasteiger partial charge >= 0.3 is 5.97 Å². The van der Waals surface area contributed by atoms with Crippen molar-refractivity contribution in [1.82, 2.24) is 10.3 Å². The lowest BCUT2D eigenvalue weighted by Gasteiger charge is -2.13. The van der Waals surface area contributed by atoms with Gasteiger partial charge in [-0.15, -0.1) is 17.9 Å². The first-order chi connectivity index (χ1) is 9.06. The van der Waals surface area contributed by atoms with Crippen molar-refractivity contribution in [2.75, 3.05) is 0 Å². The minimum atomic E-state index is -0.845. The number of carboxylic acids is 1. The molecule has 0 saturated carbocycles. The van der Waals surface area contributed by atoms with Gasteiger partial charge in [-0.3, -0.25) is 15.1 Å². The summed E-state index contributed by atoms with van der Waals surface area (Å²) in [6.07, 6.45) is 2.20. The Hall–Kier alpha value is -1.72. The number of fused-ring (bicyclic) bond motifs is 1. The molecule has 2 aromatic heterocycles. The fourth-order valence-electron chi connectivity index (χ4n) is 1.83. The third-order valence-electron chi connectivity index (χ3n) is 2.71. The highest BCUT2D eigenvalue weighted by molar-refractivity contribution is 7.19. The second-order valence-corrected chi connectivity index (χ2v) is 5.70. The average molecular weight is 276 g/mol. The van der Waals surface area contributed by atoms with Crippen molar-refractivity contribution in [2.45, 2.75) is 25.9 Å². The summed E-state index contributed by atoms with van der Waals surface area (Å²) in [5, 5.41) is 12.2. The number of hydrogen-bond acceptors (Lipinski definition) is 4. The number of nitrogens with one attached hydrogen (secondary N) is 1. The number of thiophene rings is 1. The van der Waals surface area contributed by atoms with Crippen LogP contribution in [0.4, 0.5) is 0 Å². The highest BCUT2D eigenvalue weighted by atomic mass is 32.1. The van der Waals surface area contributed by atoms with Gasteiger partial charge in [-0.25, -0.2) is 0 Å². The van der Waals surface area contributed by atoms with Crippen LogP contribution >= 0.6 is 11.3 Å². The van der Waals surface area contributed by atoms with Crippen LogP contribution in [-0.2, 0) is 11.3 Å². The number of pyridine rings is 1. The molecule has 1 unspecified atom stereocenters. The number of hydrogen-bond donors (Lipinski definition) is 2. The van der Waals surface area contributed by atoms with Crippen molar-refractivity contribution in [3.05, 3.63) is 41.4 Å². The SMILES string of the molecule is C=C(C)CC(NCc1cc2ncccc2s1)C(=O)O. The summed E-state index contributed by atoms with van der Waals surface area (Å²) >= 11 is 1.63. The minimum Gasteiger partial charge on any atom is -0.480 e. The molecule has 0 radical (unpaired) electrons. The van der Waals surface area contributed by atoms with E-state index in [0.717, 1.165) is 20.7 Å². The Kier molecular flexibility index (Phi) is 4.29. The molecule has 19 heavy (non-hydrogen) atoms. The van der Waals surface area contributed by atoms with Crippen molar-refractivity contribution in [2.24, 2.45) is 0 Å². The predicted molar refractivity (Wildman–Crippen MR) is 77.3 cm³/mol. The monoisotopic (exact) mass is 276 g/mol. The zero-order valence-corrected chi connectivity index (χ0v) is 11.5. The molecule has 0 aromatic carbocycles. The first-order valence-corrected chi connectivity index (χ1v) is 6.82. The van der Waals surface area contributed by atoms with Crippen LogP contribution in [0.25, 0.3) is 10.2 Å². The summed E-state index contributed by atoms with van der Waals surface area (Å²) < 4.78 is 1.12. The van der Waals surface area contributed by atoms with Crippen molar-refractivity contribution in [3.8, 4) is 0 Å². The average Bonchev–Trinajstić information content (AvgIpc) is 2.76. The van der Waals surface area contributed by atoms with E-state index in [1.165, 1.54) is 0 Å². The normalized spacial score (nSPS) is 12.5. The topological polar surface area (TPSA) is 62.2 Å². The van der Waals surface area contributed by atoms with Crippen LogP contribution in [0.3, 0.4) is 0 Å². The third-order valence-corrected chi connectivity index (χ3v) is 3.80. The molecule has 0 aliphatic heterocycles. The van der Waals surface area contributed by atoms with E-state index < -0.39 is 12.0 Å². The maximum atomic E-state index is 11.1. The number of nitrogens with zero attached hydrogens (tertiary/aromatic N) is 1. The Balaban J connectivity index is 2.03. The molecule has 0 saturated heterocycles. The van der Waals surface area contributed by atoms with E-state index in [1.807, 2.05) is 25.1 Å². The Labute approximate surface area is 115 Å². The summed E-state index contributed by atoms with van der Waals surface area (Å²) in [5.41, 5.74) is 1.81. The smallest absolute Gasteiger partial charge is 0.321 e. The van der Waals surface area contributed by atoms with E-state index in [9.17, 15) is 4.79 Å². The molecule has 2 rings (SSSR count). The highest BCUT2D eigenvalue weighted by Gasteiger charge is 2.16. The Morgan fingerprint density at radius 1 is 1.63 bits per heavy atom. The van der Waals surface area contributed by atoms with E-state index in [4.69, 9.17) is 5.11 Å². The van der Waals surface area contributed by atoms with E-state index in [0.29, 0.717) is 13.0 Å². The van der Waals surface area contributed by atoms with Crippen LogP contribution in [0, 0.1) is 0 Å². The van der Waals surface area contributed by atoms with Gasteiger partial charge in [0.1, 0.15) is 6.04 Å². The molecule has 0 amide bonds. The van der Waals surface area contributed by atoms with Crippen molar-refractivity contribution < 1.29 is 9.90 Å². The molecule has 100 valence electrons. The lowest BCUT2D eigenvalue weighted by molar-refractivity contribution is -0.139. The quantitative estimate of drug-likeness (QED) is 0.796. The molecule has 2 N–H and O–H groups in total. The van der Waals surface area contributed by atoms with Crippen LogP contribution in [-0.4, -0.2) is 22.1 Å². The van der Waals surface area contributed by atoms with Gasteiger partial charge in [0.25, 0.3) is 0 Å². The lowest BCUT2D eigenvalue weighted by Crippen LogP contribution is -2.36. The van der Waals surface area contributed by atoms with Crippen LogP contribution in [0.1, 0.15) is 18.2 Å². The fraction of sp³-hybridized carbons (Fsp3) is 0.286. The van der Waals surface area contributed by atoms with Gasteiger partial charge in [0.2, 0.25) is 0 Å². The van der Waals surface area contributed by atoms with Crippen molar-refractivity contribution in [1.29, 1.82) is 0 Å². The molecular weight excluding hydrogens is 260 g/mol. The van der Waals surface area contributed by atoms with Gasteiger partial charge < -0.3 is 5.11 Å². The molecule has 1 atom stereocenters. The van der Waals surface area contributed by atoms with Crippen LogP contribution in [0.5, 0.6) is 0 Å². The van der Waals surface area contributed by atoms with E-state index in [2.05, 4.69) is 16.9 Å². The van der Waals surface area contributed by atoms with Gasteiger partial charge in [-0.05, 0) is 31.5 Å². The molecule has 0 fully saturated rings. The van der Waals surface area contributed by atoms with Crippen LogP contribution < -0.4 is 5.32 Å². The molecule has 4 nitrogen and oxygen atoms in total. The Morgan fingerprint density at radius 3 is 3.05 bits per heavy atom. The standard InChI is InChI=1S/C14H16N2O2S/c1-9(2)6-12(14(17)18)16-8-10-7-11-13(19-10)4-3-5-15-11/h3-5,7,12,16H,1,6,8H2,2H3,(H,17,18). The van der Waals surface area contributed by atoms with Gasteiger partial charge in [-0.1, -0.05) is 5.57 Å². The summed E-state index contributed by atoms with van der Waals surface area (Å²) in [6, 6.07) is 5.32. The molecule has 5 heteroatoms. The number of rotatable bonds is 6.